The first-order valence-electron chi connectivity index (χ1n) is 10.2. The van der Waals surface area contributed by atoms with E-state index in [9.17, 15) is 19.2 Å². The zero-order valence-electron chi connectivity index (χ0n) is 17.1. The van der Waals surface area contributed by atoms with Crippen molar-refractivity contribution in [3.63, 3.8) is 0 Å². The first-order chi connectivity index (χ1) is 15.9. The molecule has 2 aromatic carbocycles. The lowest BCUT2D eigenvalue weighted by Gasteiger charge is -2.27. The number of nitrogens with zero attached hydrogens (tertiary/aromatic N) is 2. The van der Waals surface area contributed by atoms with Gasteiger partial charge in [-0.05, 0) is 24.3 Å². The van der Waals surface area contributed by atoms with E-state index in [0.717, 1.165) is 4.58 Å². The summed E-state index contributed by atoms with van der Waals surface area (Å²) in [5, 5.41) is 0. The van der Waals surface area contributed by atoms with Crippen molar-refractivity contribution in [1.29, 1.82) is 0 Å². The van der Waals surface area contributed by atoms with Crippen LogP contribution in [-0.4, -0.2) is 70.4 Å². The molecule has 0 saturated carbocycles. The molecule has 0 spiro atoms. The highest BCUT2D eigenvalue weighted by molar-refractivity contribution is 6.03. The predicted octanol–water partition coefficient (Wildman–Crippen LogP) is 1.91. The summed E-state index contributed by atoms with van der Waals surface area (Å²) in [5.41, 5.74) is 0.414. The number of carbonyl (C=O) groups excluding carboxylic acids is 4. The number of hydrogen-bond donors (Lipinski definition) is 0. The molecular formula is C23H18FN2O7+. The van der Waals surface area contributed by atoms with Crippen molar-refractivity contribution in [3.05, 3.63) is 71.8 Å². The van der Waals surface area contributed by atoms with E-state index in [1.54, 1.807) is 48.5 Å². The van der Waals surface area contributed by atoms with Crippen LogP contribution in [0.4, 0.5) is 9.18 Å². The average molecular weight is 453 g/mol. The molecule has 2 saturated heterocycles. The molecule has 168 valence electrons. The number of benzene rings is 2. The molecule has 2 bridgehead atoms. The zero-order valence-corrected chi connectivity index (χ0v) is 17.1. The number of amides is 3. The predicted molar refractivity (Wildman–Crippen MR) is 108 cm³/mol. The van der Waals surface area contributed by atoms with E-state index in [-0.39, 0.29) is 17.5 Å². The molecule has 2 unspecified atom stereocenters. The van der Waals surface area contributed by atoms with Gasteiger partial charge in [0.05, 0.1) is 17.3 Å². The van der Waals surface area contributed by atoms with Gasteiger partial charge in [-0.25, -0.2) is 14.4 Å². The van der Waals surface area contributed by atoms with Gasteiger partial charge in [-0.1, -0.05) is 36.4 Å². The molecular weight excluding hydrogens is 435 g/mol. The molecule has 33 heavy (non-hydrogen) atoms. The van der Waals surface area contributed by atoms with Crippen LogP contribution in [0.1, 0.15) is 27.1 Å². The van der Waals surface area contributed by atoms with Crippen molar-refractivity contribution in [2.24, 2.45) is 0 Å². The number of urea groups is 1. The summed E-state index contributed by atoms with van der Waals surface area (Å²) >= 11 is 0. The minimum Gasteiger partial charge on any atom is -0.459 e. The smallest absolute Gasteiger partial charge is 0.459 e. The Bertz CT molecular complexity index is 1170. The van der Waals surface area contributed by atoms with Gasteiger partial charge >= 0.3 is 29.7 Å². The van der Waals surface area contributed by atoms with Gasteiger partial charge in [0.15, 0.2) is 0 Å². The monoisotopic (exact) mass is 453 g/mol. The van der Waals surface area contributed by atoms with Crippen molar-refractivity contribution >= 4 is 30.1 Å². The molecule has 3 amide bonds. The molecule has 0 radical (unpaired) electrons. The lowest BCUT2D eigenvalue weighted by atomic mass is 10.0. The molecule has 3 heterocycles. The summed E-state index contributed by atoms with van der Waals surface area (Å²) in [7, 11) is 0. The second-order valence-electron chi connectivity index (χ2n) is 7.72. The maximum absolute atomic E-state index is 16.5. The van der Waals surface area contributed by atoms with Gasteiger partial charge in [-0.15, -0.1) is 4.90 Å². The normalized spacial score (nSPS) is 27.7. The quantitative estimate of drug-likeness (QED) is 0.387. The van der Waals surface area contributed by atoms with Crippen LogP contribution < -0.4 is 0 Å². The molecule has 2 fully saturated rings. The van der Waals surface area contributed by atoms with Crippen LogP contribution >= 0.6 is 0 Å². The number of imide groups is 1. The molecule has 5 rings (SSSR count). The first-order valence-corrected chi connectivity index (χ1v) is 10.2. The van der Waals surface area contributed by atoms with Crippen molar-refractivity contribution in [2.45, 2.75) is 30.6 Å². The molecule has 0 aromatic heterocycles. The van der Waals surface area contributed by atoms with Crippen LogP contribution in [-0.2, 0) is 19.0 Å². The Morgan fingerprint density at radius 1 is 1.03 bits per heavy atom. The SMILES string of the molecule is O=C(OC[C@@H]1O[C@@H]2[N+]3=CCC(=O)N(C3=O)C2(F)C1OC(=O)c1ccccc1)c1ccccc1. The van der Waals surface area contributed by atoms with Crippen LogP contribution in [0, 0.1) is 0 Å². The topological polar surface area (TPSA) is 102 Å². The number of carbonyl (C=O) groups is 4. The standard InChI is InChI=1S/C23H18FN2O7/c24-23-18(33-20(29)15-9-5-2-6-10-15)16(13-31-19(28)14-7-3-1-4-8-14)32-21(23)25-12-11-17(27)26(23)22(25)30/h1-10,12,16,18,21H,11,13H2/q+1/t16-,18?,21-,23?/m0/s1. The molecule has 3 aliphatic rings. The summed E-state index contributed by atoms with van der Waals surface area (Å²) in [6.45, 7) is -0.466. The number of esters is 2. The molecule has 0 aliphatic carbocycles. The van der Waals surface area contributed by atoms with Gasteiger partial charge in [0.25, 0.3) is 6.23 Å². The molecule has 9 nitrogen and oxygen atoms in total. The fraction of sp³-hybridized carbons (Fsp3) is 0.261. The van der Waals surface area contributed by atoms with Crippen LogP contribution in [0.15, 0.2) is 60.7 Å². The molecule has 4 atom stereocenters. The van der Waals surface area contributed by atoms with Crippen molar-refractivity contribution in [2.75, 3.05) is 6.61 Å². The highest BCUT2D eigenvalue weighted by atomic mass is 19.1. The van der Waals surface area contributed by atoms with E-state index in [1.165, 1.54) is 18.3 Å². The Kier molecular flexibility index (Phi) is 5.01. The highest BCUT2D eigenvalue weighted by Gasteiger charge is 2.80. The Morgan fingerprint density at radius 3 is 2.27 bits per heavy atom. The first kappa shape index (κ1) is 21.0. The Hall–Kier alpha value is -3.92. The molecule has 3 aliphatic heterocycles. The molecule has 0 N–H and O–H groups in total. The lowest BCUT2D eigenvalue weighted by Crippen LogP contribution is -2.58. The van der Waals surface area contributed by atoms with Crippen LogP contribution in [0.25, 0.3) is 0 Å². The van der Waals surface area contributed by atoms with Gasteiger partial charge < -0.3 is 14.2 Å². The summed E-state index contributed by atoms with van der Waals surface area (Å²) in [5.74, 6) is -5.12. The summed E-state index contributed by atoms with van der Waals surface area (Å²) in [6, 6.07) is 15.1. The van der Waals surface area contributed by atoms with E-state index in [4.69, 9.17) is 14.2 Å². The minimum absolute atomic E-state index is 0.144. The van der Waals surface area contributed by atoms with Crippen molar-refractivity contribution in [3.8, 4) is 0 Å². The summed E-state index contributed by atoms with van der Waals surface area (Å²) < 4.78 is 33.9. The van der Waals surface area contributed by atoms with Crippen molar-refractivity contribution < 1.29 is 42.4 Å². The third-order valence-electron chi connectivity index (χ3n) is 5.74. The Morgan fingerprint density at radius 2 is 1.64 bits per heavy atom. The fourth-order valence-corrected chi connectivity index (χ4v) is 4.19. The summed E-state index contributed by atoms with van der Waals surface area (Å²) in [6.07, 6.45) is -3.49. The lowest BCUT2D eigenvalue weighted by molar-refractivity contribution is -0.520. The van der Waals surface area contributed by atoms with Gasteiger partial charge in [-0.3, -0.25) is 0 Å². The van der Waals surface area contributed by atoms with E-state index >= 15 is 4.39 Å². The molecule has 10 heteroatoms. The maximum atomic E-state index is 16.5. The fourth-order valence-electron chi connectivity index (χ4n) is 4.19. The number of rotatable bonds is 5. The second-order valence-corrected chi connectivity index (χ2v) is 7.72. The largest absolute Gasteiger partial charge is 0.505 e. The number of fused-ring (bicyclic) bond motifs is 5. The Balaban J connectivity index is 1.44. The highest BCUT2D eigenvalue weighted by Crippen LogP contribution is 2.46. The third-order valence-corrected chi connectivity index (χ3v) is 5.74. The zero-order chi connectivity index (χ0) is 23.2. The Labute approximate surface area is 187 Å². The number of alkyl halides is 1. The summed E-state index contributed by atoms with van der Waals surface area (Å²) in [4.78, 5) is 50.4. The maximum Gasteiger partial charge on any atom is 0.505 e. The number of halogens is 1. The van der Waals surface area contributed by atoms with Gasteiger partial charge in [0, 0.05) is 0 Å². The van der Waals surface area contributed by atoms with Gasteiger partial charge in [0.1, 0.15) is 19.1 Å². The van der Waals surface area contributed by atoms with Gasteiger partial charge in [0.2, 0.25) is 6.10 Å². The minimum atomic E-state index is -2.78. The number of hydrogen-bond acceptors (Lipinski definition) is 7. The van der Waals surface area contributed by atoms with Crippen LogP contribution in [0.3, 0.4) is 0 Å². The van der Waals surface area contributed by atoms with Gasteiger partial charge in [-0.2, -0.15) is 13.8 Å². The van der Waals surface area contributed by atoms with E-state index in [1.807, 2.05) is 0 Å². The third kappa shape index (κ3) is 3.30. The van der Waals surface area contributed by atoms with Crippen LogP contribution in [0.2, 0.25) is 0 Å². The molecule has 2 aromatic rings. The van der Waals surface area contributed by atoms with E-state index in [2.05, 4.69) is 0 Å². The van der Waals surface area contributed by atoms with Crippen molar-refractivity contribution in [1.82, 2.24) is 4.90 Å². The van der Waals surface area contributed by atoms with E-state index in [0.29, 0.717) is 4.90 Å². The van der Waals surface area contributed by atoms with Crippen LogP contribution in [0.5, 0.6) is 0 Å². The number of ether oxygens (including phenoxy) is 3. The second kappa shape index (κ2) is 7.89. The average Bonchev–Trinajstić information content (AvgIpc) is 3.17. The van der Waals surface area contributed by atoms with E-state index < -0.39 is 54.7 Å².